The average molecular weight is 378 g/mol. The van der Waals surface area contributed by atoms with Crippen molar-refractivity contribution < 1.29 is 13.9 Å². The smallest absolute Gasteiger partial charge is 0.227 e. The van der Waals surface area contributed by atoms with Crippen molar-refractivity contribution in [2.75, 3.05) is 13.7 Å². The second-order valence-electron chi connectivity index (χ2n) is 5.79. The first kappa shape index (κ1) is 16.3. The zero-order valence-corrected chi connectivity index (χ0v) is 14.7. The number of nitrogens with zero attached hydrogens (tertiary/aromatic N) is 1. The minimum Gasteiger partial charge on any atom is -0.461 e. The van der Waals surface area contributed by atoms with Gasteiger partial charge in [0.1, 0.15) is 18.1 Å². The van der Waals surface area contributed by atoms with Gasteiger partial charge in [-0.05, 0) is 42.7 Å². The highest BCUT2D eigenvalue weighted by atomic mass is 79.9. The van der Waals surface area contributed by atoms with Crippen LogP contribution in [-0.4, -0.2) is 24.5 Å². The van der Waals surface area contributed by atoms with Gasteiger partial charge < -0.3 is 14.1 Å². The number of likely N-dealkylation sites (tertiary alicyclic amines) is 1. The molecule has 1 amide bonds. The van der Waals surface area contributed by atoms with E-state index in [2.05, 4.69) is 15.9 Å². The molecule has 0 radical (unpaired) electrons. The van der Waals surface area contributed by atoms with Crippen LogP contribution in [0, 0.1) is 0 Å². The molecule has 0 aliphatic carbocycles. The van der Waals surface area contributed by atoms with Crippen LogP contribution >= 0.6 is 15.9 Å². The summed E-state index contributed by atoms with van der Waals surface area (Å²) in [4.78, 5) is 14.6. The van der Waals surface area contributed by atoms with E-state index in [0.717, 1.165) is 40.9 Å². The zero-order chi connectivity index (χ0) is 16.2. The van der Waals surface area contributed by atoms with E-state index in [-0.39, 0.29) is 11.9 Å². The van der Waals surface area contributed by atoms with Crippen molar-refractivity contribution in [2.45, 2.75) is 31.9 Å². The largest absolute Gasteiger partial charge is 0.461 e. The van der Waals surface area contributed by atoms with Gasteiger partial charge in [0.2, 0.25) is 5.91 Å². The van der Waals surface area contributed by atoms with Crippen LogP contribution in [0.5, 0.6) is 0 Å². The number of carbonyl (C=O) groups is 1. The molecule has 0 unspecified atom stereocenters. The van der Waals surface area contributed by atoms with Crippen molar-refractivity contribution in [2.24, 2.45) is 0 Å². The molecular formula is C18H20BrNO3. The van der Waals surface area contributed by atoms with Gasteiger partial charge in [0.25, 0.3) is 0 Å². The lowest BCUT2D eigenvalue weighted by Crippen LogP contribution is -2.31. The number of halogens is 1. The van der Waals surface area contributed by atoms with Crippen LogP contribution in [0.25, 0.3) is 0 Å². The molecule has 2 aromatic rings. The second-order valence-corrected chi connectivity index (χ2v) is 6.70. The summed E-state index contributed by atoms with van der Waals surface area (Å²) >= 11 is 3.45. The Kier molecular flexibility index (Phi) is 5.18. The summed E-state index contributed by atoms with van der Waals surface area (Å²) in [5, 5.41) is 0. The lowest BCUT2D eigenvalue weighted by molar-refractivity contribution is -0.131. The second kappa shape index (κ2) is 7.32. The molecule has 0 N–H and O–H groups in total. The summed E-state index contributed by atoms with van der Waals surface area (Å²) in [6.07, 6.45) is 2.38. The third-order valence-electron chi connectivity index (χ3n) is 4.11. The summed E-state index contributed by atoms with van der Waals surface area (Å²) in [5.41, 5.74) is 1.02. The molecule has 4 nitrogen and oxygen atoms in total. The van der Waals surface area contributed by atoms with E-state index < -0.39 is 0 Å². The lowest BCUT2D eigenvalue weighted by atomic mass is 10.1. The van der Waals surface area contributed by atoms with Gasteiger partial charge >= 0.3 is 0 Å². The quantitative estimate of drug-likeness (QED) is 0.787. The summed E-state index contributed by atoms with van der Waals surface area (Å²) in [6, 6.07) is 11.8. The fourth-order valence-electron chi connectivity index (χ4n) is 3.08. The first-order valence-electron chi connectivity index (χ1n) is 7.79. The molecule has 1 aliphatic heterocycles. The van der Waals surface area contributed by atoms with Gasteiger partial charge in [-0.1, -0.05) is 28.1 Å². The Morgan fingerprint density at radius 1 is 1.39 bits per heavy atom. The molecule has 1 fully saturated rings. The highest BCUT2D eigenvalue weighted by Gasteiger charge is 2.32. The number of benzene rings is 1. The number of furan rings is 1. The molecule has 1 aromatic heterocycles. The molecule has 1 atom stereocenters. The Labute approximate surface area is 144 Å². The Hall–Kier alpha value is -1.59. The van der Waals surface area contributed by atoms with Gasteiger partial charge in [-0.2, -0.15) is 0 Å². The van der Waals surface area contributed by atoms with Crippen LogP contribution in [-0.2, 0) is 22.6 Å². The van der Waals surface area contributed by atoms with E-state index >= 15 is 0 Å². The van der Waals surface area contributed by atoms with E-state index in [4.69, 9.17) is 9.15 Å². The molecule has 2 heterocycles. The standard InChI is InChI=1S/C18H20BrNO3/c1-22-12-15-7-8-17(23-15)16-6-3-9-20(16)18(21)11-13-4-2-5-14(19)10-13/h2,4-5,7-8,10,16H,3,6,9,11-12H2,1H3/t16-/m0/s1. The van der Waals surface area contributed by atoms with Crippen LogP contribution in [0.1, 0.15) is 36.0 Å². The number of rotatable bonds is 5. The predicted octanol–water partition coefficient (Wildman–Crippen LogP) is 4.09. The minimum atomic E-state index is 0.0419. The van der Waals surface area contributed by atoms with Crippen LogP contribution in [0.2, 0.25) is 0 Å². The third kappa shape index (κ3) is 3.85. The molecule has 3 rings (SSSR count). The maximum absolute atomic E-state index is 12.7. The maximum atomic E-state index is 12.7. The molecule has 23 heavy (non-hydrogen) atoms. The van der Waals surface area contributed by atoms with Crippen molar-refractivity contribution in [1.82, 2.24) is 4.90 Å². The highest BCUT2D eigenvalue weighted by molar-refractivity contribution is 9.10. The molecule has 1 saturated heterocycles. The minimum absolute atomic E-state index is 0.0419. The number of hydrogen-bond acceptors (Lipinski definition) is 3. The normalized spacial score (nSPS) is 17.7. The molecule has 5 heteroatoms. The first-order chi connectivity index (χ1) is 11.2. The number of ether oxygens (including phenoxy) is 1. The van der Waals surface area contributed by atoms with Crippen molar-refractivity contribution >= 4 is 21.8 Å². The molecule has 0 bridgehead atoms. The summed E-state index contributed by atoms with van der Waals surface area (Å²) < 4.78 is 11.9. The van der Waals surface area contributed by atoms with Crippen LogP contribution in [0.15, 0.2) is 45.3 Å². The first-order valence-corrected chi connectivity index (χ1v) is 8.58. The molecule has 1 aromatic carbocycles. The Morgan fingerprint density at radius 2 is 2.26 bits per heavy atom. The summed E-state index contributed by atoms with van der Waals surface area (Å²) in [6.45, 7) is 1.25. The van der Waals surface area contributed by atoms with E-state index in [1.165, 1.54) is 0 Å². The Morgan fingerprint density at radius 3 is 3.04 bits per heavy atom. The highest BCUT2D eigenvalue weighted by Crippen LogP contribution is 2.33. The number of carbonyl (C=O) groups excluding carboxylic acids is 1. The molecular weight excluding hydrogens is 358 g/mol. The molecule has 0 spiro atoms. The van der Waals surface area contributed by atoms with Crippen molar-refractivity contribution in [3.8, 4) is 0 Å². The molecule has 0 saturated carbocycles. The third-order valence-corrected chi connectivity index (χ3v) is 4.61. The van der Waals surface area contributed by atoms with Crippen LogP contribution in [0.3, 0.4) is 0 Å². The monoisotopic (exact) mass is 377 g/mol. The fraction of sp³-hybridized carbons (Fsp3) is 0.389. The summed E-state index contributed by atoms with van der Waals surface area (Å²) in [5.74, 6) is 1.81. The number of methoxy groups -OCH3 is 1. The van der Waals surface area contributed by atoms with Crippen molar-refractivity contribution in [3.05, 3.63) is 58.0 Å². The van der Waals surface area contributed by atoms with Crippen molar-refractivity contribution in [3.63, 3.8) is 0 Å². The Balaban J connectivity index is 1.71. The van der Waals surface area contributed by atoms with E-state index in [9.17, 15) is 4.79 Å². The van der Waals surface area contributed by atoms with E-state index in [1.54, 1.807) is 7.11 Å². The zero-order valence-electron chi connectivity index (χ0n) is 13.1. The Bertz CT molecular complexity index is 682. The fourth-order valence-corrected chi connectivity index (χ4v) is 3.52. The molecule has 1 aliphatic rings. The molecule has 122 valence electrons. The van der Waals surface area contributed by atoms with E-state index in [0.29, 0.717) is 13.0 Å². The predicted molar refractivity (Wildman–Crippen MR) is 91.0 cm³/mol. The van der Waals surface area contributed by atoms with Gasteiger partial charge in [0.15, 0.2) is 0 Å². The van der Waals surface area contributed by atoms with Gasteiger partial charge in [0.05, 0.1) is 12.5 Å². The van der Waals surface area contributed by atoms with E-state index in [1.807, 2.05) is 41.3 Å². The van der Waals surface area contributed by atoms with Gasteiger partial charge in [-0.3, -0.25) is 4.79 Å². The average Bonchev–Trinajstić information content (AvgIpc) is 3.16. The SMILES string of the molecule is COCc1ccc([C@@H]2CCCN2C(=O)Cc2cccc(Br)c2)o1. The van der Waals surface area contributed by atoms with Crippen molar-refractivity contribution in [1.29, 1.82) is 0 Å². The maximum Gasteiger partial charge on any atom is 0.227 e. The van der Waals surface area contributed by atoms with Gasteiger partial charge in [-0.15, -0.1) is 0 Å². The van der Waals surface area contributed by atoms with Gasteiger partial charge in [0, 0.05) is 18.1 Å². The summed E-state index contributed by atoms with van der Waals surface area (Å²) in [7, 11) is 1.64. The lowest BCUT2D eigenvalue weighted by Gasteiger charge is -2.23. The van der Waals surface area contributed by atoms with Crippen LogP contribution < -0.4 is 0 Å². The van der Waals surface area contributed by atoms with Gasteiger partial charge in [-0.25, -0.2) is 0 Å². The number of hydrogen-bond donors (Lipinski definition) is 0. The van der Waals surface area contributed by atoms with Crippen LogP contribution in [0.4, 0.5) is 0 Å². The number of amides is 1. The topological polar surface area (TPSA) is 42.7 Å².